The normalized spacial score (nSPS) is 22.2. The summed E-state index contributed by atoms with van der Waals surface area (Å²) in [6.45, 7) is 0.947. The number of nitrogens with one attached hydrogen (secondary N) is 3. The van der Waals surface area contributed by atoms with Crippen LogP contribution in [0.2, 0.25) is 0 Å². The quantitative estimate of drug-likeness (QED) is 0.0823. The Morgan fingerprint density at radius 1 is 0.882 bits per heavy atom. The van der Waals surface area contributed by atoms with Crippen molar-refractivity contribution in [2.24, 2.45) is 11.1 Å². The number of methoxy groups -OCH3 is 3. The van der Waals surface area contributed by atoms with Gasteiger partial charge in [-0.25, -0.2) is 9.69 Å². The lowest BCUT2D eigenvalue weighted by molar-refractivity contribution is -0.125. The molecule has 10 rings (SSSR count). The number of aliphatic hydroxyl groups excluding tert-OH is 1. The highest BCUT2D eigenvalue weighted by molar-refractivity contribution is 6.06. The molecule has 6 aliphatic rings. The van der Waals surface area contributed by atoms with Crippen LogP contribution in [0.1, 0.15) is 59.2 Å². The van der Waals surface area contributed by atoms with E-state index in [1.165, 1.54) is 19.2 Å². The number of nitrogens with two attached hydrogens (primary N) is 1. The number of amides is 5. The van der Waals surface area contributed by atoms with Gasteiger partial charge in [0.25, 0.3) is 11.8 Å². The molecule has 19 nitrogen and oxygen atoms in total. The summed E-state index contributed by atoms with van der Waals surface area (Å²) in [5.74, 6) is -0.0845. The average Bonchev–Trinajstić information content (AvgIpc) is 4.05. The molecule has 4 unspecified atom stereocenters. The number of rotatable bonds is 18. The Morgan fingerprint density at radius 2 is 1.66 bits per heavy atom. The molecule has 6 N–H and O–H groups in total. The van der Waals surface area contributed by atoms with E-state index in [0.717, 1.165) is 40.2 Å². The highest BCUT2D eigenvalue weighted by Crippen LogP contribution is 2.57. The van der Waals surface area contributed by atoms with Gasteiger partial charge in [0.1, 0.15) is 24.6 Å². The molecular weight excluding hydrogens is 975 g/mol. The van der Waals surface area contributed by atoms with Gasteiger partial charge in [0, 0.05) is 50.3 Å². The maximum atomic E-state index is 14.4. The van der Waals surface area contributed by atoms with Crippen LogP contribution >= 0.6 is 0 Å². The standard InChI is InChI=1S/C57H63N7O12/c1-71-40-16-12-36(13-17-40)37-23-39-29-59-44-26-49(47(72-2)24-41(44)53(67)62(39)31-37)74-20-7-21-75-50-27-45-42(25-48(50)73-3)54(68)63-33-57(18-19-57)28-46(63)55(69)64(45)56(70)76-32-35-10-14-38(15-11-35)61-51(65)30-60-52(66)43(58)22-34-8-5-4-6-9-34/h4-6,8-17,24-27,31,39,43,46-47,49,55,59,69H,7,18-23,28-30,32-33,58H2,1-3H3,(H,60,66)(H,61,65)/t39-,43-,46?,47?,49?,55?/m0/s1. The summed E-state index contributed by atoms with van der Waals surface area (Å²) >= 11 is 0. The molecule has 4 aromatic rings. The van der Waals surface area contributed by atoms with E-state index in [0.29, 0.717) is 61.3 Å². The molecule has 0 aromatic heterocycles. The monoisotopic (exact) mass is 1040 g/mol. The van der Waals surface area contributed by atoms with Gasteiger partial charge in [0.05, 0.1) is 68.9 Å². The van der Waals surface area contributed by atoms with E-state index in [4.69, 9.17) is 34.2 Å². The SMILES string of the molecule is COc1ccc(C2=CN3C(=O)C4=CC(OC)C(OCCCOc5cc6c(cc5OC)C(=O)N5CC7(CC7)CC5C(O)N6C(=O)OCc5ccc(NC(=O)CNC(=O)[C@@H](N)Cc6ccccc6)cc5)C=C4NC[C@@H]3C2)cc1. The molecule has 398 valence electrons. The van der Waals surface area contributed by atoms with Crippen molar-refractivity contribution in [2.75, 3.05) is 64.4 Å². The van der Waals surface area contributed by atoms with Crippen LogP contribution in [0.15, 0.2) is 121 Å². The summed E-state index contributed by atoms with van der Waals surface area (Å²) in [5, 5.41) is 20.9. The van der Waals surface area contributed by atoms with Gasteiger partial charge in [-0.3, -0.25) is 19.2 Å². The lowest BCUT2D eigenvalue weighted by Gasteiger charge is -2.31. The molecule has 1 saturated carbocycles. The molecule has 5 amide bonds. The van der Waals surface area contributed by atoms with Crippen LogP contribution in [0.25, 0.3) is 5.57 Å². The molecule has 4 heterocycles. The third-order valence-electron chi connectivity index (χ3n) is 15.0. The lowest BCUT2D eigenvalue weighted by Crippen LogP contribution is -2.50. The highest BCUT2D eigenvalue weighted by Gasteiger charge is 2.58. The Kier molecular flexibility index (Phi) is 15.2. The minimum Gasteiger partial charge on any atom is -0.497 e. The first-order valence-corrected chi connectivity index (χ1v) is 25.6. The summed E-state index contributed by atoms with van der Waals surface area (Å²) in [6, 6.07) is 25.3. The van der Waals surface area contributed by atoms with Crippen molar-refractivity contribution in [1.29, 1.82) is 0 Å². The topological polar surface area (TPSA) is 233 Å². The molecule has 76 heavy (non-hydrogen) atoms. The molecule has 2 aliphatic carbocycles. The number of aliphatic hydroxyl groups is 1. The molecule has 6 atom stereocenters. The number of nitrogens with zero attached hydrogens (tertiary/aromatic N) is 3. The fourth-order valence-electron chi connectivity index (χ4n) is 10.6. The van der Waals surface area contributed by atoms with Crippen molar-refractivity contribution in [3.05, 3.63) is 143 Å². The molecule has 2 saturated heterocycles. The summed E-state index contributed by atoms with van der Waals surface area (Å²) in [5.41, 5.74) is 11.5. The van der Waals surface area contributed by atoms with Gasteiger partial charge in [-0.2, -0.15) is 0 Å². The van der Waals surface area contributed by atoms with Gasteiger partial charge in [0.15, 0.2) is 17.7 Å². The molecule has 3 fully saturated rings. The van der Waals surface area contributed by atoms with Crippen molar-refractivity contribution in [2.45, 2.75) is 81.7 Å². The first kappa shape index (κ1) is 51.8. The van der Waals surface area contributed by atoms with E-state index < -0.39 is 48.4 Å². The molecule has 19 heteroatoms. The smallest absolute Gasteiger partial charge is 0.416 e. The van der Waals surface area contributed by atoms with E-state index in [1.807, 2.05) is 72.9 Å². The molecular formula is C57H63N7O12. The maximum absolute atomic E-state index is 14.4. The Bertz CT molecular complexity index is 2940. The summed E-state index contributed by atoms with van der Waals surface area (Å²) in [4.78, 5) is 72.4. The van der Waals surface area contributed by atoms with Crippen LogP contribution in [0, 0.1) is 5.41 Å². The van der Waals surface area contributed by atoms with Crippen molar-refractivity contribution in [3.8, 4) is 17.2 Å². The summed E-state index contributed by atoms with van der Waals surface area (Å²) in [7, 11) is 4.67. The number of carbonyl (C=O) groups is 5. The van der Waals surface area contributed by atoms with E-state index in [1.54, 1.807) is 48.3 Å². The van der Waals surface area contributed by atoms with Crippen LogP contribution in [-0.4, -0.2) is 135 Å². The highest BCUT2D eigenvalue weighted by atomic mass is 16.6. The van der Waals surface area contributed by atoms with Crippen LogP contribution < -0.4 is 40.8 Å². The van der Waals surface area contributed by atoms with Crippen molar-refractivity contribution in [1.82, 2.24) is 20.4 Å². The maximum Gasteiger partial charge on any atom is 0.416 e. The third kappa shape index (κ3) is 11.0. The second kappa shape index (κ2) is 22.2. The minimum atomic E-state index is -1.44. The number of anilines is 2. The zero-order valence-corrected chi connectivity index (χ0v) is 42.7. The second-order valence-electron chi connectivity index (χ2n) is 20.1. The number of fused-ring (bicyclic) bond motifs is 4. The second-order valence-corrected chi connectivity index (χ2v) is 20.1. The summed E-state index contributed by atoms with van der Waals surface area (Å²) in [6.07, 6.45) is 6.13. The zero-order chi connectivity index (χ0) is 53.1. The van der Waals surface area contributed by atoms with Gasteiger partial charge in [-0.15, -0.1) is 0 Å². The van der Waals surface area contributed by atoms with Crippen molar-refractivity contribution >= 4 is 46.7 Å². The van der Waals surface area contributed by atoms with Gasteiger partial charge in [-0.05, 0) is 102 Å². The van der Waals surface area contributed by atoms with Crippen LogP contribution in [0.5, 0.6) is 17.2 Å². The summed E-state index contributed by atoms with van der Waals surface area (Å²) < 4.78 is 35.3. The van der Waals surface area contributed by atoms with Crippen LogP contribution in [-0.2, 0) is 41.6 Å². The number of ether oxygens (including phenoxy) is 6. The zero-order valence-electron chi connectivity index (χ0n) is 42.7. The van der Waals surface area contributed by atoms with Crippen LogP contribution in [0.3, 0.4) is 0 Å². The molecule has 0 bridgehead atoms. The Balaban J connectivity index is 0.763. The van der Waals surface area contributed by atoms with Crippen LogP contribution in [0.4, 0.5) is 16.2 Å². The predicted molar refractivity (Wildman–Crippen MR) is 280 cm³/mol. The van der Waals surface area contributed by atoms with Gasteiger partial charge in [0.2, 0.25) is 11.8 Å². The predicted octanol–water partition coefficient (Wildman–Crippen LogP) is 5.04. The van der Waals surface area contributed by atoms with E-state index >= 15 is 0 Å². The number of carbonyl (C=O) groups excluding carboxylic acids is 5. The Hall–Kier alpha value is -7.71. The molecule has 4 aromatic carbocycles. The van der Waals surface area contributed by atoms with E-state index in [-0.39, 0.29) is 72.4 Å². The van der Waals surface area contributed by atoms with E-state index in [9.17, 15) is 29.1 Å². The minimum absolute atomic E-state index is 0.0650. The van der Waals surface area contributed by atoms with Gasteiger partial charge >= 0.3 is 6.09 Å². The fourth-order valence-corrected chi connectivity index (χ4v) is 10.6. The third-order valence-corrected chi connectivity index (χ3v) is 15.0. The van der Waals surface area contributed by atoms with Crippen molar-refractivity contribution < 1.29 is 57.5 Å². The van der Waals surface area contributed by atoms with Crippen molar-refractivity contribution in [3.63, 3.8) is 0 Å². The Labute approximate surface area is 440 Å². The first-order chi connectivity index (χ1) is 36.8. The number of hydrogen-bond acceptors (Lipinski definition) is 14. The first-order valence-electron chi connectivity index (χ1n) is 25.6. The Morgan fingerprint density at radius 3 is 2.38 bits per heavy atom. The molecule has 1 spiro atoms. The van der Waals surface area contributed by atoms with Gasteiger partial charge in [-0.1, -0.05) is 54.6 Å². The fraction of sp³-hybridized carbons (Fsp3) is 0.386. The lowest BCUT2D eigenvalue weighted by atomic mass is 9.98. The molecule has 0 radical (unpaired) electrons. The van der Waals surface area contributed by atoms with E-state index in [2.05, 4.69) is 16.0 Å². The molecule has 4 aliphatic heterocycles. The average molecular weight is 1040 g/mol. The van der Waals surface area contributed by atoms with Gasteiger partial charge < -0.3 is 65.0 Å². The largest absolute Gasteiger partial charge is 0.497 e. The number of benzene rings is 4. The number of hydrogen-bond donors (Lipinski definition) is 5.